The van der Waals surface area contributed by atoms with Crippen LogP contribution in [0, 0.1) is 5.92 Å². The highest BCUT2D eigenvalue weighted by atomic mass is 16.4. The first kappa shape index (κ1) is 13.6. The van der Waals surface area contributed by atoms with Crippen LogP contribution in [0.3, 0.4) is 0 Å². The van der Waals surface area contributed by atoms with Crippen molar-refractivity contribution in [1.29, 1.82) is 0 Å². The van der Waals surface area contributed by atoms with Crippen LogP contribution >= 0.6 is 0 Å². The third-order valence-corrected chi connectivity index (χ3v) is 3.96. The molecule has 1 fully saturated rings. The molecule has 1 aromatic rings. The summed E-state index contributed by atoms with van der Waals surface area (Å²) in [5, 5.41) is 3.27. The average Bonchev–Trinajstić information content (AvgIpc) is 2.94. The van der Waals surface area contributed by atoms with E-state index in [-0.39, 0.29) is 5.41 Å². The minimum Gasteiger partial charge on any atom is -0.444 e. The first-order chi connectivity index (χ1) is 8.66. The highest BCUT2D eigenvalue weighted by Crippen LogP contribution is 2.45. The lowest BCUT2D eigenvalue weighted by atomic mass is 9.77. The van der Waals surface area contributed by atoms with E-state index >= 15 is 0 Å². The van der Waals surface area contributed by atoms with Gasteiger partial charge in [0.1, 0.15) is 5.76 Å². The van der Waals surface area contributed by atoms with Crippen LogP contribution in [-0.4, -0.2) is 11.5 Å². The molecule has 3 heteroatoms. The monoisotopic (exact) mass is 250 g/mol. The zero-order valence-corrected chi connectivity index (χ0v) is 12.0. The molecule has 102 valence electrons. The minimum absolute atomic E-state index is 0.269. The summed E-state index contributed by atoms with van der Waals surface area (Å²) >= 11 is 0. The fourth-order valence-electron chi connectivity index (χ4n) is 3.25. The molecular formula is C15H26N2O. The van der Waals surface area contributed by atoms with Crippen LogP contribution < -0.4 is 5.32 Å². The van der Waals surface area contributed by atoms with Crippen LogP contribution in [0.4, 0.5) is 0 Å². The third-order valence-electron chi connectivity index (χ3n) is 3.96. The Morgan fingerprint density at radius 3 is 2.72 bits per heavy atom. The SMILES string of the molecule is CCNCc1ncc(C2(CC(C)C)CCCC2)o1. The molecule has 18 heavy (non-hydrogen) atoms. The summed E-state index contributed by atoms with van der Waals surface area (Å²) in [6, 6.07) is 0. The number of nitrogens with zero attached hydrogens (tertiary/aromatic N) is 1. The second kappa shape index (κ2) is 5.87. The molecule has 0 aromatic carbocycles. The minimum atomic E-state index is 0.269. The Balaban J connectivity index is 2.13. The molecule has 0 bridgehead atoms. The van der Waals surface area contributed by atoms with Crippen molar-refractivity contribution >= 4 is 0 Å². The van der Waals surface area contributed by atoms with E-state index in [2.05, 4.69) is 31.1 Å². The number of aromatic nitrogens is 1. The van der Waals surface area contributed by atoms with E-state index in [0.717, 1.165) is 24.7 Å². The van der Waals surface area contributed by atoms with Crippen molar-refractivity contribution in [3.05, 3.63) is 17.8 Å². The molecule has 1 aliphatic carbocycles. The lowest BCUT2D eigenvalue weighted by Gasteiger charge is -2.28. The molecule has 0 radical (unpaired) electrons. The van der Waals surface area contributed by atoms with Gasteiger partial charge >= 0.3 is 0 Å². The standard InChI is InChI=1S/C15H26N2O/c1-4-16-11-14-17-10-13(18-14)15(9-12(2)3)7-5-6-8-15/h10,12,16H,4-9,11H2,1-3H3. The summed E-state index contributed by atoms with van der Waals surface area (Å²) in [7, 11) is 0. The predicted octanol–water partition coefficient (Wildman–Crippen LogP) is 3.64. The van der Waals surface area contributed by atoms with Gasteiger partial charge in [0.2, 0.25) is 5.89 Å². The van der Waals surface area contributed by atoms with E-state index in [9.17, 15) is 0 Å². The molecular weight excluding hydrogens is 224 g/mol. The number of hydrogen-bond acceptors (Lipinski definition) is 3. The van der Waals surface area contributed by atoms with Gasteiger partial charge in [0.05, 0.1) is 12.7 Å². The van der Waals surface area contributed by atoms with E-state index in [1.807, 2.05) is 6.20 Å². The van der Waals surface area contributed by atoms with Crippen LogP contribution in [0.25, 0.3) is 0 Å². The maximum Gasteiger partial charge on any atom is 0.208 e. The van der Waals surface area contributed by atoms with Gasteiger partial charge in [-0.1, -0.05) is 33.6 Å². The van der Waals surface area contributed by atoms with Crippen LogP contribution in [-0.2, 0) is 12.0 Å². The fourth-order valence-corrected chi connectivity index (χ4v) is 3.25. The van der Waals surface area contributed by atoms with Crippen LogP contribution in [0.1, 0.15) is 64.5 Å². The van der Waals surface area contributed by atoms with Gasteiger partial charge in [-0.05, 0) is 31.7 Å². The Morgan fingerprint density at radius 1 is 1.39 bits per heavy atom. The average molecular weight is 250 g/mol. The van der Waals surface area contributed by atoms with E-state index in [1.165, 1.54) is 32.1 Å². The van der Waals surface area contributed by atoms with E-state index in [0.29, 0.717) is 5.92 Å². The molecule has 2 rings (SSSR count). The van der Waals surface area contributed by atoms with Gasteiger partial charge in [-0.25, -0.2) is 4.98 Å². The molecule has 0 spiro atoms. The second-order valence-electron chi connectivity index (χ2n) is 5.98. The van der Waals surface area contributed by atoms with Crippen LogP contribution in [0.5, 0.6) is 0 Å². The lowest BCUT2D eigenvalue weighted by molar-refractivity contribution is 0.275. The van der Waals surface area contributed by atoms with Gasteiger partial charge in [-0.2, -0.15) is 0 Å². The Bertz CT molecular complexity index is 364. The second-order valence-corrected chi connectivity index (χ2v) is 5.98. The molecule has 1 heterocycles. The molecule has 0 atom stereocenters. The lowest BCUT2D eigenvalue weighted by Crippen LogP contribution is -2.23. The van der Waals surface area contributed by atoms with Gasteiger partial charge in [0, 0.05) is 5.41 Å². The Labute approximate surface area is 110 Å². The van der Waals surface area contributed by atoms with E-state index in [1.54, 1.807) is 0 Å². The Morgan fingerprint density at radius 2 is 2.11 bits per heavy atom. The smallest absolute Gasteiger partial charge is 0.208 e. The van der Waals surface area contributed by atoms with E-state index in [4.69, 9.17) is 4.42 Å². The van der Waals surface area contributed by atoms with Crippen molar-refractivity contribution in [2.45, 2.75) is 64.8 Å². The summed E-state index contributed by atoms with van der Waals surface area (Å²) in [5.74, 6) is 2.67. The predicted molar refractivity (Wildman–Crippen MR) is 73.5 cm³/mol. The highest BCUT2D eigenvalue weighted by molar-refractivity contribution is 5.14. The number of nitrogens with one attached hydrogen (secondary N) is 1. The van der Waals surface area contributed by atoms with Gasteiger partial charge in [-0.3, -0.25) is 0 Å². The fraction of sp³-hybridized carbons (Fsp3) is 0.800. The van der Waals surface area contributed by atoms with Crippen molar-refractivity contribution in [3.63, 3.8) is 0 Å². The van der Waals surface area contributed by atoms with Crippen molar-refractivity contribution in [1.82, 2.24) is 10.3 Å². The van der Waals surface area contributed by atoms with Gasteiger partial charge in [-0.15, -0.1) is 0 Å². The molecule has 1 aliphatic rings. The van der Waals surface area contributed by atoms with Crippen LogP contribution in [0.15, 0.2) is 10.6 Å². The van der Waals surface area contributed by atoms with Gasteiger partial charge in [0.15, 0.2) is 0 Å². The van der Waals surface area contributed by atoms with Gasteiger partial charge in [0.25, 0.3) is 0 Å². The van der Waals surface area contributed by atoms with Gasteiger partial charge < -0.3 is 9.73 Å². The maximum absolute atomic E-state index is 6.00. The topological polar surface area (TPSA) is 38.1 Å². The number of rotatable bonds is 6. The first-order valence-corrected chi connectivity index (χ1v) is 7.32. The summed E-state index contributed by atoms with van der Waals surface area (Å²) in [5.41, 5.74) is 0.269. The normalized spacial score (nSPS) is 18.7. The van der Waals surface area contributed by atoms with Crippen molar-refractivity contribution < 1.29 is 4.42 Å². The molecule has 1 aromatic heterocycles. The number of hydrogen-bond donors (Lipinski definition) is 1. The molecule has 1 saturated carbocycles. The molecule has 0 saturated heterocycles. The zero-order chi connectivity index (χ0) is 13.0. The molecule has 0 unspecified atom stereocenters. The molecule has 3 nitrogen and oxygen atoms in total. The summed E-state index contributed by atoms with van der Waals surface area (Å²) in [6.45, 7) is 8.40. The van der Waals surface area contributed by atoms with Crippen molar-refractivity contribution in [3.8, 4) is 0 Å². The first-order valence-electron chi connectivity index (χ1n) is 7.32. The summed E-state index contributed by atoms with van der Waals surface area (Å²) < 4.78 is 6.00. The zero-order valence-electron chi connectivity index (χ0n) is 12.0. The van der Waals surface area contributed by atoms with Crippen molar-refractivity contribution in [2.75, 3.05) is 6.54 Å². The quantitative estimate of drug-likeness (QED) is 0.837. The Hall–Kier alpha value is -0.830. The largest absolute Gasteiger partial charge is 0.444 e. The van der Waals surface area contributed by atoms with Crippen LogP contribution in [0.2, 0.25) is 0 Å². The highest BCUT2D eigenvalue weighted by Gasteiger charge is 2.39. The molecule has 1 N–H and O–H groups in total. The van der Waals surface area contributed by atoms with Crippen molar-refractivity contribution in [2.24, 2.45) is 5.92 Å². The molecule has 0 aliphatic heterocycles. The summed E-state index contributed by atoms with van der Waals surface area (Å²) in [4.78, 5) is 4.42. The summed E-state index contributed by atoms with van der Waals surface area (Å²) in [6.07, 6.45) is 8.39. The number of oxazole rings is 1. The molecule has 0 amide bonds. The Kier molecular flexibility index (Phi) is 4.44. The maximum atomic E-state index is 6.00. The third kappa shape index (κ3) is 2.94. The van der Waals surface area contributed by atoms with E-state index < -0.39 is 0 Å².